The van der Waals surface area contributed by atoms with E-state index in [9.17, 15) is 10.4 Å². The molecule has 0 radical (unpaired) electrons. The van der Waals surface area contributed by atoms with Crippen LogP contribution >= 0.6 is 11.8 Å². The van der Waals surface area contributed by atoms with Gasteiger partial charge in [-0.05, 0) is 82.2 Å². The Morgan fingerprint density at radius 2 is 1.34 bits per heavy atom. The van der Waals surface area contributed by atoms with Crippen LogP contribution in [0, 0.1) is 44.9 Å². The monoisotopic (exact) mass is 729 g/mol. The van der Waals surface area contributed by atoms with Crippen LogP contribution < -0.4 is 10.9 Å². The minimum atomic E-state index is -0.855. The first kappa shape index (κ1) is 38.1. The summed E-state index contributed by atoms with van der Waals surface area (Å²) in [7, 11) is 0. The van der Waals surface area contributed by atoms with Gasteiger partial charge in [0.1, 0.15) is 12.1 Å². The Kier molecular flexibility index (Phi) is 12.3. The highest BCUT2D eigenvalue weighted by Gasteiger charge is 2.46. The van der Waals surface area contributed by atoms with Crippen molar-refractivity contribution < 1.29 is 5.11 Å². The van der Waals surface area contributed by atoms with E-state index < -0.39 is 12.3 Å². The summed E-state index contributed by atoms with van der Waals surface area (Å²) in [5.41, 5.74) is 19.0. The van der Waals surface area contributed by atoms with Gasteiger partial charge in [0.2, 0.25) is 0 Å². The summed E-state index contributed by atoms with van der Waals surface area (Å²) < 4.78 is 0. The number of hydrogen-bond donors (Lipinski definition) is 3. The van der Waals surface area contributed by atoms with Crippen molar-refractivity contribution in [3.8, 4) is 6.07 Å². The highest BCUT2D eigenvalue weighted by atomic mass is 32.2. The molecule has 4 aliphatic rings. The molecule has 4 heterocycles. The van der Waals surface area contributed by atoms with Crippen LogP contribution in [0.4, 0.5) is 5.69 Å². The van der Waals surface area contributed by atoms with E-state index in [-0.39, 0.29) is 23.6 Å². The molecular weight excluding hydrogens is 679 g/mol. The summed E-state index contributed by atoms with van der Waals surface area (Å²) in [6.45, 7) is 12.8. The first-order valence-corrected chi connectivity index (χ1v) is 19.8. The molecule has 0 aromatic heterocycles. The lowest BCUT2D eigenvalue weighted by Gasteiger charge is -2.32. The first-order chi connectivity index (χ1) is 25.6. The van der Waals surface area contributed by atoms with Gasteiger partial charge in [0, 0.05) is 22.6 Å². The van der Waals surface area contributed by atoms with E-state index in [1.807, 2.05) is 41.6 Å². The second-order valence-electron chi connectivity index (χ2n) is 14.1. The molecule has 0 aliphatic carbocycles. The Balaban J connectivity index is 0.000000185. The van der Waals surface area contributed by atoms with Gasteiger partial charge in [-0.2, -0.15) is 15.5 Å². The van der Waals surface area contributed by atoms with Crippen molar-refractivity contribution in [2.24, 2.45) is 26.1 Å². The average Bonchev–Trinajstić information content (AvgIpc) is 3.67. The number of nitriles is 1. The van der Waals surface area contributed by atoms with Gasteiger partial charge in [0.25, 0.3) is 0 Å². The number of aliphatic imine (C=N–C) groups is 2. The van der Waals surface area contributed by atoms with Crippen LogP contribution in [-0.2, 0) is 0 Å². The molecule has 6 unspecified atom stereocenters. The van der Waals surface area contributed by atoms with Crippen LogP contribution in [0.25, 0.3) is 11.4 Å². The van der Waals surface area contributed by atoms with Gasteiger partial charge in [-0.1, -0.05) is 92.4 Å². The number of hydrogen-bond acceptors (Lipinski definition) is 11. The average molecular weight is 730 g/mol. The topological polar surface area (TPSA) is 124 Å². The number of nitrogens with zero attached hydrogens (tertiary/aromatic N) is 7. The number of rotatable bonds is 9. The zero-order valence-electron chi connectivity index (χ0n) is 31.8. The number of benzene rings is 3. The number of nitrogens with one attached hydrogen (secondary N) is 2. The summed E-state index contributed by atoms with van der Waals surface area (Å²) in [4.78, 5) is 9.77. The fourth-order valence-corrected chi connectivity index (χ4v) is 7.99. The summed E-state index contributed by atoms with van der Waals surface area (Å²) >= 11 is 1.68. The Bertz CT molecular complexity index is 1980. The molecule has 4 aliphatic heterocycles. The highest BCUT2D eigenvalue weighted by molar-refractivity contribution is 7.99. The van der Waals surface area contributed by atoms with Crippen molar-refractivity contribution in [2.75, 3.05) is 6.26 Å². The number of azo groups is 1. The molecule has 0 amide bonds. The Morgan fingerprint density at radius 3 is 1.85 bits per heavy atom. The molecule has 0 bridgehead atoms. The quantitative estimate of drug-likeness (QED) is 0.189. The number of aliphatic hydroxyl groups excluding tert-OH is 1. The third kappa shape index (κ3) is 8.31. The van der Waals surface area contributed by atoms with Crippen LogP contribution in [0.5, 0.6) is 0 Å². The third-order valence-electron chi connectivity index (χ3n) is 9.86. The Morgan fingerprint density at radius 1 is 0.792 bits per heavy atom. The summed E-state index contributed by atoms with van der Waals surface area (Å²) in [6.07, 6.45) is 8.90. The zero-order chi connectivity index (χ0) is 37.6. The smallest absolute Gasteiger partial charge is 0.163 e. The van der Waals surface area contributed by atoms with E-state index in [1.165, 1.54) is 27.8 Å². The van der Waals surface area contributed by atoms with Crippen molar-refractivity contribution in [1.29, 1.82) is 5.26 Å². The van der Waals surface area contributed by atoms with Crippen molar-refractivity contribution in [2.45, 2.75) is 97.2 Å². The fourth-order valence-electron chi connectivity index (χ4n) is 7.27. The molecule has 2 fully saturated rings. The summed E-state index contributed by atoms with van der Waals surface area (Å²) in [6, 6.07) is 24.5. The van der Waals surface area contributed by atoms with E-state index in [0.29, 0.717) is 0 Å². The predicted octanol–water partition coefficient (Wildman–Crippen LogP) is 8.39. The van der Waals surface area contributed by atoms with Crippen LogP contribution in [0.2, 0.25) is 0 Å². The van der Waals surface area contributed by atoms with Gasteiger partial charge in [-0.3, -0.25) is 20.0 Å². The standard InChI is InChI=1S/C23H27N5O.C19H24N4S/c1-4-8-18-14-20(19-12-11-15(2)13-16(19)3)28-22(24-18)21(23(29)27-28)26-25-17-9-6-5-7-10-17;1-5-6-14-10-17(15-8-7-12(2)9-13(15)3)23-18(21-14)16(11-20)19(22-23)24-4/h5-7,9-14,21-23,27,29H,4,8H2,1-3H3;7-10,16,18-19,22H,5-6H2,1-4H3. The minimum absolute atomic E-state index is 0.0684. The molecule has 10 nitrogen and oxygen atoms in total. The van der Waals surface area contributed by atoms with Crippen molar-refractivity contribution in [3.05, 3.63) is 112 Å². The Hall–Kier alpha value is -4.60. The lowest BCUT2D eigenvalue weighted by molar-refractivity contribution is 0.117. The number of aliphatic hydroxyl groups is 1. The van der Waals surface area contributed by atoms with E-state index in [1.54, 1.807) is 11.8 Å². The van der Waals surface area contributed by atoms with Crippen LogP contribution in [0.1, 0.15) is 72.9 Å². The first-order valence-electron chi connectivity index (χ1n) is 18.5. The van der Waals surface area contributed by atoms with E-state index in [0.717, 1.165) is 59.8 Å². The van der Waals surface area contributed by atoms with Crippen molar-refractivity contribution in [1.82, 2.24) is 20.9 Å². The maximum Gasteiger partial charge on any atom is 0.163 e. The zero-order valence-corrected chi connectivity index (χ0v) is 32.6. The van der Waals surface area contributed by atoms with Gasteiger partial charge in [0.15, 0.2) is 18.4 Å². The maximum absolute atomic E-state index is 10.7. The van der Waals surface area contributed by atoms with E-state index >= 15 is 0 Å². The number of allylic oxidation sites excluding steroid dienone is 2. The van der Waals surface area contributed by atoms with Gasteiger partial charge in [0.05, 0.1) is 28.5 Å². The van der Waals surface area contributed by atoms with Crippen LogP contribution in [-0.4, -0.2) is 62.8 Å². The molecule has 3 N–H and O–H groups in total. The van der Waals surface area contributed by atoms with Gasteiger partial charge in [-0.25, -0.2) is 10.9 Å². The van der Waals surface area contributed by atoms with Crippen LogP contribution in [0.15, 0.2) is 99.1 Å². The molecule has 0 spiro atoms. The van der Waals surface area contributed by atoms with Crippen LogP contribution in [0.3, 0.4) is 0 Å². The number of aryl methyl sites for hydroxylation is 4. The fraction of sp³-hybridized carbons (Fsp3) is 0.405. The van der Waals surface area contributed by atoms with Crippen molar-refractivity contribution >= 4 is 40.3 Å². The van der Waals surface area contributed by atoms with Gasteiger partial charge >= 0.3 is 0 Å². The largest absolute Gasteiger partial charge is 0.374 e. The number of hydrazine groups is 2. The normalized spacial score (nSPS) is 24.7. The molecule has 276 valence electrons. The molecule has 0 saturated carbocycles. The third-order valence-corrected chi connectivity index (χ3v) is 10.8. The van der Waals surface area contributed by atoms with Crippen molar-refractivity contribution in [3.63, 3.8) is 0 Å². The minimum Gasteiger partial charge on any atom is -0.374 e. The highest BCUT2D eigenvalue weighted by Crippen LogP contribution is 2.38. The SMILES string of the molecule is CCCC1=NC2C(C#N)C(SC)NN2C(c2ccc(C)cc2C)=C1.CCCC1=NC2C(N=Nc3ccccc3)C(O)NN2C(c2ccc(C)cc2C)=C1. The van der Waals surface area contributed by atoms with Gasteiger partial charge in [-0.15, -0.1) is 11.8 Å². The molecule has 2 saturated heterocycles. The predicted molar refractivity (Wildman–Crippen MR) is 217 cm³/mol. The molecule has 6 atom stereocenters. The summed E-state index contributed by atoms with van der Waals surface area (Å²) in [5.74, 6) is -0.152. The number of fused-ring (bicyclic) bond motifs is 2. The Labute approximate surface area is 318 Å². The van der Waals surface area contributed by atoms with Gasteiger partial charge < -0.3 is 5.11 Å². The molecule has 53 heavy (non-hydrogen) atoms. The molecule has 7 rings (SSSR count). The molecule has 11 heteroatoms. The van der Waals surface area contributed by atoms with E-state index in [4.69, 9.17) is 9.98 Å². The summed E-state index contributed by atoms with van der Waals surface area (Å²) in [5, 5.41) is 33.2. The van der Waals surface area contributed by atoms with E-state index in [2.05, 4.69) is 122 Å². The molecule has 3 aromatic rings. The number of thioether (sulfide) groups is 1. The lowest BCUT2D eigenvalue weighted by atomic mass is 9.98. The second kappa shape index (κ2) is 17.0. The lowest BCUT2D eigenvalue weighted by Crippen LogP contribution is -2.40. The molecule has 3 aromatic carbocycles. The maximum atomic E-state index is 10.7. The second-order valence-corrected chi connectivity index (χ2v) is 15.0. The molecular formula is C42H51N9OS.